The van der Waals surface area contributed by atoms with Crippen LogP contribution in [0.15, 0.2) is 0 Å². The molecule has 1 aliphatic carbocycles. The first-order valence-electron chi connectivity index (χ1n) is 9.41. The van der Waals surface area contributed by atoms with Gasteiger partial charge in [0.15, 0.2) is 0 Å². The monoisotopic (exact) mass is 356 g/mol. The minimum absolute atomic E-state index is 0.146. The van der Waals surface area contributed by atoms with Gasteiger partial charge in [0, 0.05) is 45.3 Å². The van der Waals surface area contributed by atoms with Gasteiger partial charge in [0.05, 0.1) is 0 Å². The normalized spacial score (nSPS) is 33.2. The number of ether oxygens (including phenoxy) is 1. The van der Waals surface area contributed by atoms with Crippen LogP contribution in [0.1, 0.15) is 38.5 Å². The van der Waals surface area contributed by atoms with E-state index in [2.05, 4.69) is 0 Å². The molecular formula is C17H28N2O4S. The van der Waals surface area contributed by atoms with Crippen LogP contribution in [0.5, 0.6) is 0 Å². The summed E-state index contributed by atoms with van der Waals surface area (Å²) in [5.41, 5.74) is 0. The van der Waals surface area contributed by atoms with Crippen molar-refractivity contribution >= 4 is 15.9 Å². The van der Waals surface area contributed by atoms with E-state index >= 15 is 0 Å². The second-order valence-electron chi connectivity index (χ2n) is 7.92. The molecule has 4 aliphatic rings. The Morgan fingerprint density at radius 1 is 0.958 bits per heavy atom. The molecule has 0 bridgehead atoms. The van der Waals surface area contributed by atoms with E-state index in [0.29, 0.717) is 38.0 Å². The summed E-state index contributed by atoms with van der Waals surface area (Å²) in [6.07, 6.45) is 6.22. The Kier molecular flexibility index (Phi) is 4.60. The SMILES string of the molecule is O=C(C1CCCC1)N1CC(S(=O)(=O)N2CCC(C3CCOC3)C2)C1. The number of amides is 1. The number of rotatable bonds is 4. The van der Waals surface area contributed by atoms with Crippen molar-refractivity contribution in [2.75, 3.05) is 39.4 Å². The highest BCUT2D eigenvalue weighted by atomic mass is 32.2. The van der Waals surface area contributed by atoms with Gasteiger partial charge in [-0.2, -0.15) is 0 Å². The van der Waals surface area contributed by atoms with Crippen LogP contribution in [0.25, 0.3) is 0 Å². The lowest BCUT2D eigenvalue weighted by Crippen LogP contribution is -2.60. The summed E-state index contributed by atoms with van der Waals surface area (Å²) in [5.74, 6) is 1.29. The molecule has 24 heavy (non-hydrogen) atoms. The largest absolute Gasteiger partial charge is 0.381 e. The Bertz CT molecular complexity index is 575. The Labute approximate surface area is 144 Å². The van der Waals surface area contributed by atoms with Crippen molar-refractivity contribution in [2.45, 2.75) is 43.8 Å². The number of likely N-dealkylation sites (tertiary alicyclic amines) is 1. The highest BCUT2D eigenvalue weighted by Crippen LogP contribution is 2.34. The smallest absolute Gasteiger partial charge is 0.225 e. The molecule has 2 unspecified atom stereocenters. The highest BCUT2D eigenvalue weighted by Gasteiger charge is 2.46. The number of carbonyl (C=O) groups excluding carboxylic acids is 1. The van der Waals surface area contributed by atoms with Gasteiger partial charge in [-0.1, -0.05) is 12.8 Å². The van der Waals surface area contributed by atoms with Crippen LogP contribution in [-0.4, -0.2) is 68.2 Å². The molecular weight excluding hydrogens is 328 g/mol. The molecule has 0 radical (unpaired) electrons. The molecule has 2 atom stereocenters. The fourth-order valence-corrected chi connectivity index (χ4v) is 6.66. The quantitative estimate of drug-likeness (QED) is 0.756. The maximum Gasteiger partial charge on any atom is 0.225 e. The molecule has 0 spiro atoms. The van der Waals surface area contributed by atoms with E-state index in [1.807, 2.05) is 0 Å². The fourth-order valence-electron chi connectivity index (χ4n) is 4.74. The van der Waals surface area contributed by atoms with E-state index in [9.17, 15) is 13.2 Å². The van der Waals surface area contributed by atoms with E-state index in [-0.39, 0.29) is 17.1 Å². The Morgan fingerprint density at radius 3 is 2.38 bits per heavy atom. The number of nitrogens with zero attached hydrogens (tertiary/aromatic N) is 2. The van der Waals surface area contributed by atoms with E-state index in [4.69, 9.17) is 4.74 Å². The first-order valence-corrected chi connectivity index (χ1v) is 10.9. The molecule has 0 aromatic heterocycles. The molecule has 4 fully saturated rings. The first-order chi connectivity index (χ1) is 11.6. The summed E-state index contributed by atoms with van der Waals surface area (Å²) in [6.45, 7) is 3.66. The zero-order valence-electron chi connectivity index (χ0n) is 14.2. The van der Waals surface area contributed by atoms with Gasteiger partial charge in [-0.15, -0.1) is 0 Å². The number of carbonyl (C=O) groups is 1. The van der Waals surface area contributed by atoms with Gasteiger partial charge < -0.3 is 9.64 Å². The van der Waals surface area contributed by atoms with Gasteiger partial charge in [-0.3, -0.25) is 4.79 Å². The first kappa shape index (κ1) is 16.8. The van der Waals surface area contributed by atoms with Crippen molar-refractivity contribution in [3.05, 3.63) is 0 Å². The summed E-state index contributed by atoms with van der Waals surface area (Å²) in [6, 6.07) is 0. The van der Waals surface area contributed by atoms with Crippen LogP contribution in [0, 0.1) is 17.8 Å². The fraction of sp³-hybridized carbons (Fsp3) is 0.941. The molecule has 0 aromatic rings. The number of hydrogen-bond acceptors (Lipinski definition) is 4. The molecule has 3 aliphatic heterocycles. The summed E-state index contributed by atoms with van der Waals surface area (Å²) >= 11 is 0. The van der Waals surface area contributed by atoms with Crippen molar-refractivity contribution in [2.24, 2.45) is 17.8 Å². The van der Waals surface area contributed by atoms with Crippen LogP contribution in [0.3, 0.4) is 0 Å². The number of hydrogen-bond donors (Lipinski definition) is 0. The summed E-state index contributed by atoms with van der Waals surface area (Å²) < 4.78 is 32.8. The van der Waals surface area contributed by atoms with Gasteiger partial charge in [-0.05, 0) is 37.5 Å². The van der Waals surface area contributed by atoms with Crippen LogP contribution >= 0.6 is 0 Å². The molecule has 6 nitrogen and oxygen atoms in total. The van der Waals surface area contributed by atoms with Crippen molar-refractivity contribution < 1.29 is 17.9 Å². The molecule has 1 amide bonds. The zero-order valence-corrected chi connectivity index (χ0v) is 15.0. The average Bonchev–Trinajstić information content (AvgIpc) is 3.25. The Balaban J connectivity index is 1.31. The van der Waals surface area contributed by atoms with Crippen molar-refractivity contribution in [3.63, 3.8) is 0 Å². The van der Waals surface area contributed by atoms with Crippen LogP contribution in [-0.2, 0) is 19.6 Å². The Hall–Kier alpha value is -0.660. The molecule has 0 N–H and O–H groups in total. The second kappa shape index (κ2) is 6.57. The zero-order chi connectivity index (χ0) is 16.7. The number of sulfonamides is 1. The minimum atomic E-state index is -3.26. The van der Waals surface area contributed by atoms with Crippen molar-refractivity contribution in [1.82, 2.24) is 9.21 Å². The molecule has 4 rings (SSSR count). The van der Waals surface area contributed by atoms with Gasteiger partial charge in [0.2, 0.25) is 15.9 Å². The van der Waals surface area contributed by atoms with E-state index in [1.54, 1.807) is 9.21 Å². The molecule has 3 heterocycles. The van der Waals surface area contributed by atoms with Gasteiger partial charge in [0.1, 0.15) is 5.25 Å². The molecule has 136 valence electrons. The van der Waals surface area contributed by atoms with E-state index in [1.165, 1.54) is 0 Å². The summed E-state index contributed by atoms with van der Waals surface area (Å²) in [4.78, 5) is 14.1. The minimum Gasteiger partial charge on any atom is -0.381 e. The van der Waals surface area contributed by atoms with Gasteiger partial charge >= 0.3 is 0 Å². The van der Waals surface area contributed by atoms with Gasteiger partial charge in [0.25, 0.3) is 0 Å². The maximum atomic E-state index is 12.8. The lowest BCUT2D eigenvalue weighted by molar-refractivity contribution is -0.138. The highest BCUT2D eigenvalue weighted by molar-refractivity contribution is 7.89. The third kappa shape index (κ3) is 2.99. The van der Waals surface area contributed by atoms with E-state index in [0.717, 1.165) is 51.7 Å². The van der Waals surface area contributed by atoms with Gasteiger partial charge in [-0.25, -0.2) is 12.7 Å². The molecule has 1 saturated carbocycles. The van der Waals surface area contributed by atoms with Crippen LogP contribution < -0.4 is 0 Å². The molecule has 3 saturated heterocycles. The third-order valence-corrected chi connectivity index (χ3v) is 8.66. The molecule has 0 aromatic carbocycles. The van der Waals surface area contributed by atoms with Crippen LogP contribution in [0.4, 0.5) is 0 Å². The standard InChI is InChI=1S/C17H28N2O4S/c20-17(13-3-1-2-4-13)18-10-16(11-18)24(21,22)19-7-5-14(9-19)15-6-8-23-12-15/h13-16H,1-12H2. The molecule has 7 heteroatoms. The summed E-state index contributed by atoms with van der Waals surface area (Å²) in [7, 11) is -3.26. The maximum absolute atomic E-state index is 12.8. The Morgan fingerprint density at radius 2 is 1.71 bits per heavy atom. The van der Waals surface area contributed by atoms with Crippen molar-refractivity contribution in [1.29, 1.82) is 0 Å². The third-order valence-electron chi connectivity index (χ3n) is 6.46. The van der Waals surface area contributed by atoms with Crippen molar-refractivity contribution in [3.8, 4) is 0 Å². The lowest BCUT2D eigenvalue weighted by atomic mass is 9.91. The predicted molar refractivity (Wildman–Crippen MR) is 89.9 cm³/mol. The second-order valence-corrected chi connectivity index (χ2v) is 10.1. The van der Waals surface area contributed by atoms with Crippen LogP contribution in [0.2, 0.25) is 0 Å². The lowest BCUT2D eigenvalue weighted by Gasteiger charge is -2.41. The average molecular weight is 356 g/mol. The van der Waals surface area contributed by atoms with E-state index < -0.39 is 10.0 Å². The summed E-state index contributed by atoms with van der Waals surface area (Å²) in [5, 5.41) is -0.388. The predicted octanol–water partition coefficient (Wildman–Crippen LogP) is 1.08. The topological polar surface area (TPSA) is 66.9 Å².